The van der Waals surface area contributed by atoms with Crippen molar-refractivity contribution >= 4 is 12.2 Å². The highest BCUT2D eigenvalue weighted by atomic mass is 19.1. The highest BCUT2D eigenvalue weighted by molar-refractivity contribution is 5.73. The van der Waals surface area contributed by atoms with E-state index >= 15 is 0 Å². The highest BCUT2D eigenvalue weighted by Crippen LogP contribution is 2.48. The Labute approximate surface area is 200 Å². The molecule has 3 atom stereocenters. The molecule has 1 aliphatic carbocycles. The standard InChI is InChI=1S/C26H33FN6O/c1-2-18-13-30-25(31-14-18)33-9-5-19(6-10-33)23-11-21(23)16-34-15-20-3-4-22(12-24(20)27)26(28)17-29-7-8-32-26/h3-4,7-8,12-14,17,19,21,23,32H,2,5-6,9-11,15-16,28H2,1H3/t21-,23+,26?/m0/s1. The van der Waals surface area contributed by atoms with Crippen LogP contribution in [0.25, 0.3) is 0 Å². The van der Waals surface area contributed by atoms with Crippen molar-refractivity contribution < 1.29 is 9.13 Å². The van der Waals surface area contributed by atoms with Crippen LogP contribution in [0.3, 0.4) is 0 Å². The molecule has 180 valence electrons. The van der Waals surface area contributed by atoms with Crippen LogP contribution < -0.4 is 16.0 Å². The molecule has 3 aliphatic rings. The maximum absolute atomic E-state index is 14.7. The van der Waals surface area contributed by atoms with E-state index in [1.165, 1.54) is 30.9 Å². The lowest BCUT2D eigenvalue weighted by molar-refractivity contribution is 0.102. The van der Waals surface area contributed by atoms with Crippen molar-refractivity contribution in [3.63, 3.8) is 0 Å². The summed E-state index contributed by atoms with van der Waals surface area (Å²) in [5, 5.41) is 3.02. The Morgan fingerprint density at radius 1 is 1.24 bits per heavy atom. The fourth-order valence-corrected chi connectivity index (χ4v) is 5.08. The summed E-state index contributed by atoms with van der Waals surface area (Å²) in [4.78, 5) is 15.4. The Kier molecular flexibility index (Phi) is 6.61. The average Bonchev–Trinajstić information content (AvgIpc) is 3.65. The molecule has 1 aromatic heterocycles. The largest absolute Gasteiger partial charge is 0.376 e. The number of hydrogen-bond acceptors (Lipinski definition) is 7. The molecular weight excluding hydrogens is 431 g/mol. The van der Waals surface area contributed by atoms with Gasteiger partial charge in [0.15, 0.2) is 0 Å². The van der Waals surface area contributed by atoms with Gasteiger partial charge < -0.3 is 20.7 Å². The Bertz CT molecular complexity index is 1050. The molecule has 1 saturated carbocycles. The number of piperidine rings is 1. The molecule has 1 aromatic carbocycles. The van der Waals surface area contributed by atoms with Gasteiger partial charge in [0, 0.05) is 55.2 Å². The lowest BCUT2D eigenvalue weighted by Gasteiger charge is -2.32. The second-order valence-corrected chi connectivity index (χ2v) is 9.66. The molecule has 8 heteroatoms. The summed E-state index contributed by atoms with van der Waals surface area (Å²) in [7, 11) is 0. The molecule has 0 radical (unpaired) electrons. The van der Waals surface area contributed by atoms with Crippen LogP contribution in [0.4, 0.5) is 10.3 Å². The molecule has 7 nitrogen and oxygen atoms in total. The highest BCUT2D eigenvalue weighted by Gasteiger charge is 2.43. The number of nitrogens with one attached hydrogen (secondary N) is 1. The lowest BCUT2D eigenvalue weighted by Crippen LogP contribution is -2.50. The fraction of sp³-hybridized carbons (Fsp3) is 0.500. The minimum absolute atomic E-state index is 0.276. The van der Waals surface area contributed by atoms with Crippen LogP contribution in [0.2, 0.25) is 0 Å². The van der Waals surface area contributed by atoms with Crippen LogP contribution in [0.15, 0.2) is 48.0 Å². The van der Waals surface area contributed by atoms with E-state index in [0.717, 1.165) is 37.3 Å². The van der Waals surface area contributed by atoms with Crippen molar-refractivity contribution in [2.75, 3.05) is 24.6 Å². The third-order valence-electron chi connectivity index (χ3n) is 7.39. The van der Waals surface area contributed by atoms with Gasteiger partial charge in [0.25, 0.3) is 0 Å². The van der Waals surface area contributed by atoms with Gasteiger partial charge in [0.1, 0.15) is 11.5 Å². The number of hydrogen-bond donors (Lipinski definition) is 2. The van der Waals surface area contributed by atoms with Gasteiger partial charge in [-0.05, 0) is 55.1 Å². The zero-order valence-corrected chi connectivity index (χ0v) is 19.7. The summed E-state index contributed by atoms with van der Waals surface area (Å²) in [5.74, 6) is 2.58. The minimum atomic E-state index is -0.989. The number of nitrogens with two attached hydrogens (primary N) is 1. The first-order valence-corrected chi connectivity index (χ1v) is 12.2. The number of ether oxygens (including phenoxy) is 1. The first-order valence-electron chi connectivity index (χ1n) is 12.2. The van der Waals surface area contributed by atoms with Crippen LogP contribution in [0.5, 0.6) is 0 Å². The first kappa shape index (κ1) is 22.9. The Morgan fingerprint density at radius 3 is 2.71 bits per heavy atom. The van der Waals surface area contributed by atoms with Gasteiger partial charge in [-0.25, -0.2) is 14.4 Å². The minimum Gasteiger partial charge on any atom is -0.376 e. The normalized spacial score (nSPS) is 26.5. The molecule has 3 heterocycles. The Morgan fingerprint density at radius 2 is 2.03 bits per heavy atom. The van der Waals surface area contributed by atoms with Gasteiger partial charge in [-0.15, -0.1) is 0 Å². The third kappa shape index (κ3) is 4.98. The fourth-order valence-electron chi connectivity index (χ4n) is 5.08. The molecule has 2 aliphatic heterocycles. The molecule has 0 amide bonds. The van der Waals surface area contributed by atoms with E-state index in [4.69, 9.17) is 10.5 Å². The topological polar surface area (TPSA) is 88.7 Å². The predicted octanol–water partition coefficient (Wildman–Crippen LogP) is 3.50. The van der Waals surface area contributed by atoms with Crippen molar-refractivity contribution in [1.82, 2.24) is 15.3 Å². The molecule has 5 rings (SSSR count). The van der Waals surface area contributed by atoms with Gasteiger partial charge in [-0.1, -0.05) is 19.1 Å². The number of aliphatic imine (C=N–C) groups is 1. The van der Waals surface area contributed by atoms with E-state index in [2.05, 4.69) is 32.1 Å². The summed E-state index contributed by atoms with van der Waals surface area (Å²) in [5.41, 5.74) is 7.63. The molecule has 0 spiro atoms. The maximum Gasteiger partial charge on any atom is 0.225 e. The van der Waals surface area contributed by atoms with Crippen LogP contribution >= 0.6 is 0 Å². The van der Waals surface area contributed by atoms with E-state index in [0.29, 0.717) is 23.7 Å². The maximum atomic E-state index is 14.7. The van der Waals surface area contributed by atoms with Crippen molar-refractivity contribution in [3.05, 3.63) is 65.5 Å². The van der Waals surface area contributed by atoms with Gasteiger partial charge in [-0.2, -0.15) is 0 Å². The molecule has 2 aromatic rings. The molecule has 1 unspecified atom stereocenters. The lowest BCUT2D eigenvalue weighted by atomic mass is 9.91. The van der Waals surface area contributed by atoms with Gasteiger partial charge >= 0.3 is 0 Å². The summed E-state index contributed by atoms with van der Waals surface area (Å²) in [6, 6.07) is 5.04. The summed E-state index contributed by atoms with van der Waals surface area (Å²) in [6.45, 7) is 5.10. The summed E-state index contributed by atoms with van der Waals surface area (Å²) in [6.07, 6.45) is 13.2. The van der Waals surface area contributed by atoms with Gasteiger partial charge in [-0.3, -0.25) is 4.99 Å². The Balaban J connectivity index is 1.06. The van der Waals surface area contributed by atoms with Crippen molar-refractivity contribution in [1.29, 1.82) is 0 Å². The van der Waals surface area contributed by atoms with E-state index in [-0.39, 0.29) is 12.4 Å². The monoisotopic (exact) mass is 464 g/mol. The van der Waals surface area contributed by atoms with Crippen LogP contribution in [-0.4, -0.2) is 35.9 Å². The average molecular weight is 465 g/mol. The molecule has 3 N–H and O–H groups in total. The summed E-state index contributed by atoms with van der Waals surface area (Å²) < 4.78 is 20.6. The quantitative estimate of drug-likeness (QED) is 0.622. The van der Waals surface area contributed by atoms with Crippen molar-refractivity contribution in [2.24, 2.45) is 28.5 Å². The van der Waals surface area contributed by atoms with Gasteiger partial charge in [0.05, 0.1) is 13.2 Å². The van der Waals surface area contributed by atoms with Gasteiger partial charge in [0.2, 0.25) is 5.95 Å². The number of rotatable bonds is 8. The first-order chi connectivity index (χ1) is 16.6. The number of aryl methyl sites for hydroxylation is 1. The SMILES string of the molecule is CCc1cnc(N2CCC([C@H]3C[C@H]3COCc3ccc(C4(N)C=NC=CN4)cc3F)CC2)nc1. The van der Waals surface area contributed by atoms with E-state index in [1.807, 2.05) is 18.5 Å². The number of aromatic nitrogens is 2. The van der Waals surface area contributed by atoms with Crippen LogP contribution in [0, 0.1) is 23.6 Å². The molecule has 1 saturated heterocycles. The molecular formula is C26H33FN6O. The number of anilines is 1. The second-order valence-electron chi connectivity index (χ2n) is 9.66. The molecule has 2 fully saturated rings. The smallest absolute Gasteiger partial charge is 0.225 e. The number of nitrogens with zero attached hydrogens (tertiary/aromatic N) is 4. The van der Waals surface area contributed by atoms with E-state index < -0.39 is 5.66 Å². The third-order valence-corrected chi connectivity index (χ3v) is 7.39. The van der Waals surface area contributed by atoms with Crippen molar-refractivity contribution in [2.45, 2.75) is 44.9 Å². The van der Waals surface area contributed by atoms with Crippen LogP contribution in [0.1, 0.15) is 42.9 Å². The molecule has 0 bridgehead atoms. The second kappa shape index (κ2) is 9.80. The summed E-state index contributed by atoms with van der Waals surface area (Å²) >= 11 is 0. The zero-order chi connectivity index (χ0) is 23.5. The zero-order valence-electron chi connectivity index (χ0n) is 19.7. The number of halogens is 1. The number of benzene rings is 1. The predicted molar refractivity (Wildman–Crippen MR) is 131 cm³/mol. The Hall–Kier alpha value is -2.84. The van der Waals surface area contributed by atoms with Crippen molar-refractivity contribution in [3.8, 4) is 0 Å². The molecule has 34 heavy (non-hydrogen) atoms. The van der Waals surface area contributed by atoms with Crippen LogP contribution in [-0.2, 0) is 23.4 Å². The van der Waals surface area contributed by atoms with E-state index in [1.54, 1.807) is 24.7 Å². The van der Waals surface area contributed by atoms with E-state index in [9.17, 15) is 4.39 Å².